The first-order valence-corrected chi connectivity index (χ1v) is 9.23. The normalized spacial score (nSPS) is 11.1. The molecule has 6 heteroatoms. The Labute approximate surface area is 123 Å². The molecule has 19 heavy (non-hydrogen) atoms. The van der Waals surface area contributed by atoms with Crippen molar-refractivity contribution >= 4 is 23.5 Å². The fraction of sp³-hybridized carbons (Fsp3) is 0.538. The van der Waals surface area contributed by atoms with Gasteiger partial charge in [-0.3, -0.25) is 0 Å². The van der Waals surface area contributed by atoms with Crippen molar-refractivity contribution in [1.82, 2.24) is 9.97 Å². The number of aromatic amines is 2. The molecule has 2 aromatic heterocycles. The second kappa shape index (κ2) is 7.65. The van der Waals surface area contributed by atoms with E-state index < -0.39 is 0 Å². The van der Waals surface area contributed by atoms with Crippen molar-refractivity contribution < 1.29 is 9.13 Å². The average molecular weight is 298 g/mol. The number of aromatic nitrogens is 4. The first-order valence-electron chi connectivity index (χ1n) is 6.44. The quantitative estimate of drug-likeness (QED) is 0.720. The van der Waals surface area contributed by atoms with Crippen molar-refractivity contribution in [3.8, 4) is 0 Å². The van der Waals surface area contributed by atoms with E-state index in [4.69, 9.17) is 0 Å². The van der Waals surface area contributed by atoms with Crippen LogP contribution >= 0.6 is 23.5 Å². The van der Waals surface area contributed by atoms with Crippen molar-refractivity contribution in [2.45, 2.75) is 19.5 Å². The molecule has 0 amide bonds. The van der Waals surface area contributed by atoms with E-state index in [1.54, 1.807) is 0 Å². The predicted molar refractivity (Wildman–Crippen MR) is 81.5 cm³/mol. The van der Waals surface area contributed by atoms with E-state index in [-0.39, 0.29) is 0 Å². The molecule has 0 spiro atoms. The Balaban J connectivity index is 2.04. The van der Waals surface area contributed by atoms with Crippen LogP contribution < -0.4 is 9.13 Å². The van der Waals surface area contributed by atoms with E-state index in [1.165, 1.54) is 11.6 Å². The van der Waals surface area contributed by atoms with Gasteiger partial charge in [0, 0.05) is 11.5 Å². The Kier molecular flexibility index (Phi) is 5.85. The highest BCUT2D eigenvalue weighted by Crippen LogP contribution is 1.99. The molecule has 0 fully saturated rings. The van der Waals surface area contributed by atoms with Gasteiger partial charge in [0.25, 0.3) is 11.6 Å². The average Bonchev–Trinajstić information content (AvgIpc) is 3.04. The van der Waals surface area contributed by atoms with Gasteiger partial charge < -0.3 is 0 Å². The van der Waals surface area contributed by atoms with Gasteiger partial charge in [-0.2, -0.15) is 32.7 Å². The number of imidazole rings is 2. The molecular formula is C13H22N4S2+2. The zero-order valence-electron chi connectivity index (χ0n) is 11.6. The lowest BCUT2D eigenvalue weighted by Gasteiger charge is -2.01. The van der Waals surface area contributed by atoms with Crippen LogP contribution in [0.4, 0.5) is 0 Å². The lowest BCUT2D eigenvalue weighted by Crippen LogP contribution is -2.53. The van der Waals surface area contributed by atoms with Crippen LogP contribution in [0.25, 0.3) is 0 Å². The molecule has 0 aliphatic heterocycles. The Morgan fingerprint density at radius 1 is 0.895 bits per heavy atom. The molecule has 104 valence electrons. The maximum atomic E-state index is 3.34. The highest BCUT2D eigenvalue weighted by Gasteiger charge is 2.16. The number of H-pyrrole nitrogens is 2. The Morgan fingerprint density at radius 3 is 1.79 bits per heavy atom. The highest BCUT2D eigenvalue weighted by molar-refractivity contribution is 7.98. The van der Waals surface area contributed by atoms with Gasteiger partial charge in [0.05, 0.1) is 12.8 Å². The third-order valence-electron chi connectivity index (χ3n) is 3.09. The predicted octanol–water partition coefficient (Wildman–Crippen LogP) is 1.23. The molecular weight excluding hydrogens is 276 g/mol. The molecule has 2 heterocycles. The van der Waals surface area contributed by atoms with E-state index in [0.717, 1.165) is 31.0 Å². The fourth-order valence-corrected chi connectivity index (χ4v) is 2.85. The standard InChI is InChI=1S/C13H20N4S2/c1-18-9-3-12-14-5-7-16(12)11-17-8-6-15-13(17)4-10-19-2/h5-8H,3-4,9-11H2,1-2H3/p+2. The highest BCUT2D eigenvalue weighted by atomic mass is 32.2. The summed E-state index contributed by atoms with van der Waals surface area (Å²) < 4.78 is 4.57. The van der Waals surface area contributed by atoms with Crippen LogP contribution in [0.1, 0.15) is 11.6 Å². The summed E-state index contributed by atoms with van der Waals surface area (Å²) in [6.07, 6.45) is 14.7. The Morgan fingerprint density at radius 2 is 1.37 bits per heavy atom. The summed E-state index contributed by atoms with van der Waals surface area (Å²) >= 11 is 3.76. The molecule has 0 radical (unpaired) electrons. The number of rotatable bonds is 8. The maximum absolute atomic E-state index is 3.34. The zero-order chi connectivity index (χ0) is 13.5. The number of thioether (sulfide) groups is 2. The van der Waals surface area contributed by atoms with Gasteiger partial charge in [-0.25, -0.2) is 9.97 Å². The second-order valence-electron chi connectivity index (χ2n) is 4.38. The van der Waals surface area contributed by atoms with E-state index in [2.05, 4.69) is 44.0 Å². The van der Waals surface area contributed by atoms with Crippen LogP contribution in [0.3, 0.4) is 0 Å². The molecule has 0 saturated carbocycles. The van der Waals surface area contributed by atoms with Gasteiger partial charge in [-0.1, -0.05) is 0 Å². The minimum absolute atomic E-state index is 0.875. The number of hydrogen-bond donors (Lipinski definition) is 2. The summed E-state index contributed by atoms with van der Waals surface area (Å²) in [6, 6.07) is 0. The molecule has 2 N–H and O–H groups in total. The number of aryl methyl sites for hydroxylation is 2. The summed E-state index contributed by atoms with van der Waals surface area (Å²) in [5, 5.41) is 0. The Bertz CT molecular complexity index is 448. The zero-order valence-corrected chi connectivity index (χ0v) is 13.2. The van der Waals surface area contributed by atoms with Crippen molar-refractivity contribution in [3.63, 3.8) is 0 Å². The summed E-state index contributed by atoms with van der Waals surface area (Å²) in [5.74, 6) is 4.88. The summed E-state index contributed by atoms with van der Waals surface area (Å²) in [6.45, 7) is 0.875. The van der Waals surface area contributed by atoms with Gasteiger partial charge in [-0.05, 0) is 12.5 Å². The van der Waals surface area contributed by atoms with Gasteiger partial charge in [0.2, 0.25) is 6.67 Å². The third-order valence-corrected chi connectivity index (χ3v) is 4.32. The molecule has 0 saturated heterocycles. The first-order chi connectivity index (χ1) is 9.35. The van der Waals surface area contributed by atoms with Gasteiger partial charge >= 0.3 is 0 Å². The molecule has 2 rings (SSSR count). The molecule has 4 nitrogen and oxygen atoms in total. The van der Waals surface area contributed by atoms with Crippen molar-refractivity contribution in [2.24, 2.45) is 0 Å². The topological polar surface area (TPSA) is 39.3 Å². The maximum Gasteiger partial charge on any atom is 0.258 e. The summed E-state index contributed by atoms with van der Waals surface area (Å²) in [7, 11) is 0. The molecule has 0 aromatic carbocycles. The van der Waals surface area contributed by atoms with E-state index in [9.17, 15) is 0 Å². The van der Waals surface area contributed by atoms with Gasteiger partial charge in [0.15, 0.2) is 0 Å². The van der Waals surface area contributed by atoms with Gasteiger partial charge in [0.1, 0.15) is 24.8 Å². The van der Waals surface area contributed by atoms with Crippen LogP contribution in [0.15, 0.2) is 24.8 Å². The van der Waals surface area contributed by atoms with Crippen molar-refractivity contribution in [3.05, 3.63) is 36.4 Å². The van der Waals surface area contributed by atoms with Gasteiger partial charge in [-0.15, -0.1) is 0 Å². The molecule has 0 atom stereocenters. The van der Waals surface area contributed by atoms with Crippen molar-refractivity contribution in [2.75, 3.05) is 24.0 Å². The molecule has 2 aromatic rings. The van der Waals surface area contributed by atoms with E-state index in [1.807, 2.05) is 35.9 Å². The van der Waals surface area contributed by atoms with Crippen LogP contribution in [0.5, 0.6) is 0 Å². The minimum Gasteiger partial charge on any atom is -0.247 e. The summed E-state index contributed by atoms with van der Waals surface area (Å²) in [4.78, 5) is 6.68. The van der Waals surface area contributed by atoms with Crippen molar-refractivity contribution in [1.29, 1.82) is 0 Å². The molecule has 0 unspecified atom stereocenters. The van der Waals surface area contributed by atoms with Crippen LogP contribution in [0.2, 0.25) is 0 Å². The monoisotopic (exact) mass is 298 g/mol. The summed E-state index contributed by atoms with van der Waals surface area (Å²) in [5.41, 5.74) is 0. The lowest BCUT2D eigenvalue weighted by atomic mass is 10.4. The first kappa shape index (κ1) is 14.5. The SMILES string of the molecule is CSCCc1[nH]cc[n+]1C[n+]1cc[nH]c1CCSC. The Hall–Kier alpha value is -0.880. The second-order valence-corrected chi connectivity index (χ2v) is 6.35. The fourth-order valence-electron chi connectivity index (χ4n) is 2.05. The number of hydrogen-bond acceptors (Lipinski definition) is 2. The largest absolute Gasteiger partial charge is 0.258 e. The molecule has 0 aliphatic rings. The minimum atomic E-state index is 0.875. The molecule has 0 aliphatic carbocycles. The van der Waals surface area contributed by atoms with Crippen LogP contribution in [-0.4, -0.2) is 34.0 Å². The smallest absolute Gasteiger partial charge is 0.247 e. The molecule has 0 bridgehead atoms. The van der Waals surface area contributed by atoms with Crippen LogP contribution in [0, 0.1) is 0 Å². The number of nitrogens with zero attached hydrogens (tertiary/aromatic N) is 2. The number of nitrogens with one attached hydrogen (secondary N) is 2. The van der Waals surface area contributed by atoms with Crippen LogP contribution in [-0.2, 0) is 19.5 Å². The lowest BCUT2D eigenvalue weighted by molar-refractivity contribution is -0.917. The van der Waals surface area contributed by atoms with E-state index in [0.29, 0.717) is 0 Å². The van der Waals surface area contributed by atoms with E-state index >= 15 is 0 Å². The third kappa shape index (κ3) is 4.04.